The molecular formula is C23H22F4. The topological polar surface area (TPSA) is 0 Å². The fourth-order valence-electron chi connectivity index (χ4n) is 3.36. The molecule has 0 aliphatic rings. The van der Waals surface area contributed by atoms with Crippen LogP contribution in [0, 0.1) is 23.3 Å². The molecule has 27 heavy (non-hydrogen) atoms. The molecule has 0 amide bonds. The molecular weight excluding hydrogens is 352 g/mol. The number of hydrogen-bond donors (Lipinski definition) is 0. The molecule has 0 atom stereocenters. The molecule has 0 saturated carbocycles. The molecule has 0 saturated heterocycles. The smallest absolute Gasteiger partial charge is 0.194 e. The lowest BCUT2D eigenvalue weighted by molar-refractivity contribution is 0.447. The van der Waals surface area contributed by atoms with Crippen LogP contribution in [0.1, 0.15) is 44.6 Å². The van der Waals surface area contributed by atoms with E-state index in [1.165, 1.54) is 31.7 Å². The Kier molecular flexibility index (Phi) is 6.15. The van der Waals surface area contributed by atoms with Crippen LogP contribution in [-0.2, 0) is 6.42 Å². The summed E-state index contributed by atoms with van der Waals surface area (Å²) in [7, 11) is 0. The quantitative estimate of drug-likeness (QED) is 0.227. The number of unbranched alkanes of at least 4 members (excludes halogenated alkanes) is 4. The van der Waals surface area contributed by atoms with Crippen LogP contribution in [0.25, 0.3) is 21.9 Å². The first-order valence-electron chi connectivity index (χ1n) is 9.37. The summed E-state index contributed by atoms with van der Waals surface area (Å²) < 4.78 is 55.0. The van der Waals surface area contributed by atoms with Gasteiger partial charge < -0.3 is 0 Å². The third-order valence-corrected chi connectivity index (χ3v) is 4.88. The normalized spacial score (nSPS) is 11.3. The van der Waals surface area contributed by atoms with Crippen LogP contribution in [0.2, 0.25) is 0 Å². The van der Waals surface area contributed by atoms with Crippen LogP contribution < -0.4 is 0 Å². The summed E-state index contributed by atoms with van der Waals surface area (Å²) in [5.41, 5.74) is 1.17. The average Bonchev–Trinajstić information content (AvgIpc) is 2.66. The summed E-state index contributed by atoms with van der Waals surface area (Å²) in [4.78, 5) is 0. The monoisotopic (exact) mass is 374 g/mol. The second-order valence-corrected chi connectivity index (χ2v) is 6.90. The van der Waals surface area contributed by atoms with Gasteiger partial charge in [-0.15, -0.1) is 0 Å². The first kappa shape index (κ1) is 19.4. The number of benzene rings is 3. The maximum absolute atomic E-state index is 14.9. The van der Waals surface area contributed by atoms with Gasteiger partial charge in [0.1, 0.15) is 5.82 Å². The molecule has 0 bridgehead atoms. The highest BCUT2D eigenvalue weighted by atomic mass is 19.2. The Morgan fingerprint density at radius 2 is 1.41 bits per heavy atom. The van der Waals surface area contributed by atoms with Gasteiger partial charge >= 0.3 is 0 Å². The zero-order valence-corrected chi connectivity index (χ0v) is 15.3. The van der Waals surface area contributed by atoms with Gasteiger partial charge in [-0.05, 0) is 41.5 Å². The molecule has 0 aromatic heterocycles. The molecule has 4 heteroatoms. The lowest BCUT2D eigenvalue weighted by atomic mass is 9.97. The fourth-order valence-corrected chi connectivity index (χ4v) is 3.36. The highest BCUT2D eigenvalue weighted by Gasteiger charge is 2.15. The minimum atomic E-state index is -1.55. The first-order chi connectivity index (χ1) is 13.0. The summed E-state index contributed by atoms with van der Waals surface area (Å²) in [6.45, 7) is 2.18. The minimum absolute atomic E-state index is 0.0224. The predicted molar refractivity (Wildman–Crippen MR) is 102 cm³/mol. The Labute approximate surface area is 156 Å². The predicted octanol–water partition coefficient (Wildman–Crippen LogP) is 7.58. The molecule has 0 unspecified atom stereocenters. The Hall–Kier alpha value is -2.36. The SMILES string of the molecule is CCCCCCCc1ccc2c(F)c(-c3cc(F)c(F)c(F)c3)ccc2c1. The average molecular weight is 374 g/mol. The molecule has 0 heterocycles. The molecule has 142 valence electrons. The minimum Gasteiger partial charge on any atom is -0.206 e. The number of fused-ring (bicyclic) bond motifs is 1. The zero-order chi connectivity index (χ0) is 19.4. The van der Waals surface area contributed by atoms with Gasteiger partial charge in [0.2, 0.25) is 0 Å². The van der Waals surface area contributed by atoms with Crippen molar-refractivity contribution in [3.8, 4) is 11.1 Å². The van der Waals surface area contributed by atoms with Crippen molar-refractivity contribution < 1.29 is 17.6 Å². The van der Waals surface area contributed by atoms with Gasteiger partial charge in [-0.25, -0.2) is 17.6 Å². The van der Waals surface area contributed by atoms with E-state index in [4.69, 9.17) is 0 Å². The van der Waals surface area contributed by atoms with Gasteiger partial charge in [-0.1, -0.05) is 62.9 Å². The molecule has 0 aliphatic heterocycles. The van der Waals surface area contributed by atoms with Crippen molar-refractivity contribution in [2.75, 3.05) is 0 Å². The van der Waals surface area contributed by atoms with Gasteiger partial charge in [-0.2, -0.15) is 0 Å². The molecule has 0 spiro atoms. The van der Waals surface area contributed by atoms with Crippen LogP contribution >= 0.6 is 0 Å². The van der Waals surface area contributed by atoms with Crippen molar-refractivity contribution in [3.05, 3.63) is 71.3 Å². The third-order valence-electron chi connectivity index (χ3n) is 4.88. The van der Waals surface area contributed by atoms with Gasteiger partial charge in [0.05, 0.1) is 0 Å². The van der Waals surface area contributed by atoms with E-state index < -0.39 is 23.3 Å². The zero-order valence-electron chi connectivity index (χ0n) is 15.3. The van der Waals surface area contributed by atoms with Crippen LogP contribution in [0.3, 0.4) is 0 Å². The van der Waals surface area contributed by atoms with Gasteiger partial charge in [0, 0.05) is 10.9 Å². The van der Waals surface area contributed by atoms with E-state index in [9.17, 15) is 17.6 Å². The Morgan fingerprint density at radius 1 is 0.704 bits per heavy atom. The van der Waals surface area contributed by atoms with Gasteiger partial charge in [-0.3, -0.25) is 0 Å². The van der Waals surface area contributed by atoms with E-state index in [-0.39, 0.29) is 11.1 Å². The van der Waals surface area contributed by atoms with Crippen molar-refractivity contribution in [1.29, 1.82) is 0 Å². The molecule has 0 aliphatic carbocycles. The lowest BCUT2D eigenvalue weighted by Gasteiger charge is -2.10. The molecule has 0 fully saturated rings. The van der Waals surface area contributed by atoms with Crippen LogP contribution in [0.5, 0.6) is 0 Å². The van der Waals surface area contributed by atoms with Crippen molar-refractivity contribution in [1.82, 2.24) is 0 Å². The van der Waals surface area contributed by atoms with E-state index in [2.05, 4.69) is 6.92 Å². The third kappa shape index (κ3) is 4.32. The molecule has 0 N–H and O–H groups in total. The largest absolute Gasteiger partial charge is 0.206 e. The summed E-state index contributed by atoms with van der Waals surface area (Å²) in [6.07, 6.45) is 6.90. The Bertz CT molecular complexity index is 924. The number of rotatable bonds is 7. The Balaban J connectivity index is 1.86. The van der Waals surface area contributed by atoms with Crippen molar-refractivity contribution in [2.45, 2.75) is 45.4 Å². The van der Waals surface area contributed by atoms with Gasteiger partial charge in [0.25, 0.3) is 0 Å². The van der Waals surface area contributed by atoms with E-state index in [0.717, 1.165) is 35.9 Å². The maximum atomic E-state index is 14.9. The van der Waals surface area contributed by atoms with E-state index in [0.29, 0.717) is 5.39 Å². The fraction of sp³-hybridized carbons (Fsp3) is 0.304. The maximum Gasteiger partial charge on any atom is 0.194 e. The van der Waals surface area contributed by atoms with E-state index in [1.807, 2.05) is 12.1 Å². The highest BCUT2D eigenvalue weighted by Crippen LogP contribution is 2.31. The number of hydrogen-bond acceptors (Lipinski definition) is 0. The summed E-state index contributed by atoms with van der Waals surface area (Å²) >= 11 is 0. The van der Waals surface area contributed by atoms with Gasteiger partial charge in [0.15, 0.2) is 17.5 Å². The van der Waals surface area contributed by atoms with Crippen LogP contribution in [-0.4, -0.2) is 0 Å². The van der Waals surface area contributed by atoms with Crippen molar-refractivity contribution >= 4 is 10.8 Å². The van der Waals surface area contributed by atoms with Crippen molar-refractivity contribution in [2.24, 2.45) is 0 Å². The van der Waals surface area contributed by atoms with E-state index >= 15 is 0 Å². The second-order valence-electron chi connectivity index (χ2n) is 6.90. The first-order valence-corrected chi connectivity index (χ1v) is 9.37. The summed E-state index contributed by atoms with van der Waals surface area (Å²) in [5, 5.41) is 1.12. The number of halogens is 4. The lowest BCUT2D eigenvalue weighted by Crippen LogP contribution is -1.94. The molecule has 3 aromatic rings. The molecule has 3 rings (SSSR count). The number of aryl methyl sites for hydroxylation is 1. The summed E-state index contributed by atoms with van der Waals surface area (Å²) in [5.74, 6) is -4.78. The van der Waals surface area contributed by atoms with E-state index in [1.54, 1.807) is 12.1 Å². The molecule has 3 aromatic carbocycles. The molecule has 0 nitrogen and oxygen atoms in total. The molecule has 0 radical (unpaired) electrons. The Morgan fingerprint density at radius 3 is 2.11 bits per heavy atom. The summed E-state index contributed by atoms with van der Waals surface area (Å²) in [6, 6.07) is 10.4. The van der Waals surface area contributed by atoms with Crippen LogP contribution in [0.4, 0.5) is 17.6 Å². The highest BCUT2D eigenvalue weighted by molar-refractivity contribution is 5.88. The van der Waals surface area contributed by atoms with Crippen molar-refractivity contribution in [3.63, 3.8) is 0 Å². The van der Waals surface area contributed by atoms with Crippen LogP contribution in [0.15, 0.2) is 42.5 Å². The second kappa shape index (κ2) is 8.55. The standard InChI is InChI=1S/C23H22F4/c1-2-3-4-5-6-7-15-8-10-18-16(12-15)9-11-19(22(18)26)17-13-20(24)23(27)21(25)14-17/h8-14H,2-7H2,1H3.